The van der Waals surface area contributed by atoms with Crippen molar-refractivity contribution in [2.24, 2.45) is 0 Å². The van der Waals surface area contributed by atoms with Crippen molar-refractivity contribution in [2.75, 3.05) is 0 Å². The highest BCUT2D eigenvalue weighted by Crippen LogP contribution is 1.84. The fraction of sp³-hybridized carbons (Fsp3) is 0. The highest BCUT2D eigenvalue weighted by atomic mass is 19.2. The molecule has 1 N–H and O–H groups in total. The van der Waals surface area contributed by atoms with E-state index < -0.39 is 12.3 Å². The van der Waals surface area contributed by atoms with Gasteiger partial charge in [0.15, 0.2) is 6.33 Å². The van der Waals surface area contributed by atoms with Crippen LogP contribution in [0.15, 0.2) is 12.3 Å². The van der Waals surface area contributed by atoms with Gasteiger partial charge >= 0.3 is 0 Å². The Labute approximate surface area is 27.5 Å². The molecule has 0 aromatic rings. The number of rotatable bonds is 0. The lowest BCUT2D eigenvalue weighted by atomic mass is 11.1. The molecule has 0 rings (SSSR count). The van der Waals surface area contributed by atoms with Gasteiger partial charge in [0.1, 0.15) is 0 Å². The predicted molar refractivity (Wildman–Crippen MR) is 12.9 cm³/mol. The topological polar surface area (TPSA) is 20.2 Å². The molecule has 0 aliphatic heterocycles. The summed E-state index contributed by atoms with van der Waals surface area (Å²) >= 11 is 0. The van der Waals surface area contributed by atoms with Gasteiger partial charge in [0.25, 0.3) is 6.01 Å². The summed E-state index contributed by atoms with van der Waals surface area (Å²) in [4.78, 5) is 0. The van der Waals surface area contributed by atoms with Crippen molar-refractivity contribution in [3.05, 3.63) is 12.3 Å². The lowest BCUT2D eigenvalue weighted by Crippen LogP contribution is -1.55. The van der Waals surface area contributed by atoms with Gasteiger partial charge in [-0.15, -0.1) is 0 Å². The minimum absolute atomic E-state index is 0.528. The minimum Gasteiger partial charge on any atom is -0.485 e. The van der Waals surface area contributed by atoms with Crippen LogP contribution in [-0.2, 0) is 0 Å². The molecule has 3 heteroatoms. The van der Waals surface area contributed by atoms with Crippen LogP contribution in [0.1, 0.15) is 0 Å². The summed E-state index contributed by atoms with van der Waals surface area (Å²) < 4.78 is 20.8. The molecule has 0 heterocycles. The van der Waals surface area contributed by atoms with Gasteiger partial charge in [-0.1, -0.05) is 0 Å². The SMILES string of the molecule is OC(F)=CF. The van der Waals surface area contributed by atoms with Crippen molar-refractivity contribution in [1.82, 2.24) is 0 Å². The molecular formula is C2H2F2O. The maximum Gasteiger partial charge on any atom is 0.299 e. The number of halogens is 2. The van der Waals surface area contributed by atoms with Crippen molar-refractivity contribution in [2.45, 2.75) is 0 Å². The lowest BCUT2D eigenvalue weighted by Gasteiger charge is -1.66. The molecule has 0 fully saturated rings. The second-order valence-electron chi connectivity index (χ2n) is 0.432. The van der Waals surface area contributed by atoms with Gasteiger partial charge in [0, 0.05) is 0 Å². The number of aliphatic hydroxyl groups excluding tert-OH is 1. The summed E-state index contributed by atoms with van der Waals surface area (Å²) in [5, 5.41) is 7.18. The van der Waals surface area contributed by atoms with E-state index in [-0.39, 0.29) is 0 Å². The molecule has 0 aliphatic rings. The third-order valence-electron chi connectivity index (χ3n) is 0.0900. The average Bonchev–Trinajstić information content (AvgIpc) is 1.38. The number of hydrogen-bond donors (Lipinski definition) is 1. The van der Waals surface area contributed by atoms with Crippen molar-refractivity contribution >= 4 is 0 Å². The van der Waals surface area contributed by atoms with Gasteiger partial charge in [0.05, 0.1) is 0 Å². The van der Waals surface area contributed by atoms with Crippen LogP contribution in [0.25, 0.3) is 0 Å². The third-order valence-corrected chi connectivity index (χ3v) is 0.0900. The normalized spacial score (nSPS) is 12.0. The van der Waals surface area contributed by atoms with Crippen LogP contribution >= 0.6 is 0 Å². The zero-order valence-electron chi connectivity index (χ0n) is 2.28. The van der Waals surface area contributed by atoms with Crippen LogP contribution < -0.4 is 0 Å². The van der Waals surface area contributed by atoms with E-state index >= 15 is 0 Å². The second-order valence-corrected chi connectivity index (χ2v) is 0.432. The average molecular weight is 80.0 g/mol. The van der Waals surface area contributed by atoms with Crippen molar-refractivity contribution < 1.29 is 13.9 Å². The summed E-state index contributed by atoms with van der Waals surface area (Å²) in [7, 11) is 0. The second kappa shape index (κ2) is 1.69. The third kappa shape index (κ3) is 3.40. The van der Waals surface area contributed by atoms with Crippen LogP contribution in [-0.4, -0.2) is 5.11 Å². The first-order valence-corrected chi connectivity index (χ1v) is 0.919. The molecule has 0 aromatic heterocycles. The van der Waals surface area contributed by atoms with E-state index in [4.69, 9.17) is 5.11 Å². The Bertz CT molecular complexity index is 45.6. The lowest BCUT2D eigenvalue weighted by molar-refractivity contribution is 0.271. The summed E-state index contributed by atoms with van der Waals surface area (Å²) in [6.07, 6.45) is -0.528. The van der Waals surface area contributed by atoms with Crippen molar-refractivity contribution in [3.8, 4) is 0 Å². The smallest absolute Gasteiger partial charge is 0.299 e. The molecule has 0 aliphatic carbocycles. The standard InChI is InChI=1S/C2H2F2O/c3-1-2(4)5/h1,5H. The highest BCUT2D eigenvalue weighted by Gasteiger charge is 1.74. The fourth-order valence-corrected chi connectivity index (χ4v) is 0. The maximum absolute atomic E-state index is 10.5. The van der Waals surface area contributed by atoms with Gasteiger partial charge in [-0.05, 0) is 0 Å². The van der Waals surface area contributed by atoms with Gasteiger partial charge in [-0.25, -0.2) is 4.39 Å². The molecule has 5 heavy (non-hydrogen) atoms. The quantitative estimate of drug-likeness (QED) is 0.434. The molecule has 0 saturated carbocycles. The Balaban J connectivity index is 3.14. The number of aliphatic hydroxyl groups is 1. The van der Waals surface area contributed by atoms with Gasteiger partial charge in [-0.2, -0.15) is 4.39 Å². The molecule has 30 valence electrons. The maximum atomic E-state index is 10.5. The van der Waals surface area contributed by atoms with Gasteiger partial charge < -0.3 is 5.11 Å². The predicted octanol–water partition coefficient (Wildman–Crippen LogP) is 1.28. The molecule has 0 amide bonds. The van der Waals surface area contributed by atoms with E-state index in [1.165, 1.54) is 0 Å². The van der Waals surface area contributed by atoms with E-state index in [2.05, 4.69) is 0 Å². The molecule has 0 spiro atoms. The highest BCUT2D eigenvalue weighted by molar-refractivity contribution is 4.65. The van der Waals surface area contributed by atoms with Crippen LogP contribution in [0.2, 0.25) is 0 Å². The van der Waals surface area contributed by atoms with Crippen LogP contribution in [0.3, 0.4) is 0 Å². The van der Waals surface area contributed by atoms with Gasteiger partial charge in [-0.3, -0.25) is 0 Å². The van der Waals surface area contributed by atoms with E-state index in [1.54, 1.807) is 0 Å². The van der Waals surface area contributed by atoms with E-state index in [1.807, 2.05) is 0 Å². The molecule has 1 nitrogen and oxygen atoms in total. The Hall–Kier alpha value is -0.600. The van der Waals surface area contributed by atoms with Gasteiger partial charge in [0.2, 0.25) is 0 Å². The Morgan fingerprint density at radius 2 is 2.00 bits per heavy atom. The van der Waals surface area contributed by atoms with E-state index in [9.17, 15) is 8.78 Å². The zero-order valence-corrected chi connectivity index (χ0v) is 2.28. The summed E-state index contributed by atoms with van der Waals surface area (Å²) in [5.74, 6) is 0. The Morgan fingerprint density at radius 1 is 1.80 bits per heavy atom. The van der Waals surface area contributed by atoms with Crippen LogP contribution in [0, 0.1) is 0 Å². The molecule has 0 bridgehead atoms. The monoisotopic (exact) mass is 80.0 g/mol. The minimum atomic E-state index is -1.79. The van der Waals surface area contributed by atoms with E-state index in [0.717, 1.165) is 0 Å². The van der Waals surface area contributed by atoms with Crippen molar-refractivity contribution in [3.63, 3.8) is 0 Å². The Kier molecular flexibility index (Phi) is 1.49. The molecule has 0 unspecified atom stereocenters. The molecular weight excluding hydrogens is 78.0 g/mol. The largest absolute Gasteiger partial charge is 0.485 e. The first kappa shape index (κ1) is 4.40. The molecule has 0 aromatic carbocycles. The molecule has 0 saturated heterocycles. The van der Waals surface area contributed by atoms with Crippen LogP contribution in [0.4, 0.5) is 8.78 Å². The Morgan fingerprint density at radius 3 is 2.00 bits per heavy atom. The van der Waals surface area contributed by atoms with E-state index in [0.29, 0.717) is 0 Å². The zero-order chi connectivity index (χ0) is 4.28. The van der Waals surface area contributed by atoms with Crippen LogP contribution in [0.5, 0.6) is 0 Å². The summed E-state index contributed by atoms with van der Waals surface area (Å²) in [5.41, 5.74) is 0. The summed E-state index contributed by atoms with van der Waals surface area (Å²) in [6, 6.07) is -1.79. The fourth-order valence-electron chi connectivity index (χ4n) is 0. The molecule has 0 atom stereocenters. The number of hydrogen-bond acceptors (Lipinski definition) is 1. The molecule has 0 radical (unpaired) electrons. The van der Waals surface area contributed by atoms with Crippen molar-refractivity contribution in [1.29, 1.82) is 0 Å². The first-order valence-electron chi connectivity index (χ1n) is 0.919. The first-order chi connectivity index (χ1) is 2.27. The summed E-state index contributed by atoms with van der Waals surface area (Å²) in [6.45, 7) is 0.